The van der Waals surface area contributed by atoms with E-state index in [1.165, 1.54) is 12.1 Å². The zero-order valence-corrected chi connectivity index (χ0v) is 11.9. The molecule has 0 radical (unpaired) electrons. The fourth-order valence-electron chi connectivity index (χ4n) is 2.62. The molecular weight excluding hydrogens is 257 g/mol. The van der Waals surface area contributed by atoms with E-state index in [1.807, 2.05) is 7.05 Å². The number of aliphatic hydroxyl groups is 1. The van der Waals surface area contributed by atoms with Crippen LogP contribution in [-0.2, 0) is 10.2 Å². The van der Waals surface area contributed by atoms with Gasteiger partial charge < -0.3 is 10.0 Å². The molecule has 0 heterocycles. The molecule has 1 aromatic carbocycles. The lowest BCUT2D eigenvalue weighted by atomic mass is 9.94. The molecule has 0 spiro atoms. The number of rotatable bonds is 7. The summed E-state index contributed by atoms with van der Waals surface area (Å²) in [6, 6.07) is 6.29. The summed E-state index contributed by atoms with van der Waals surface area (Å²) in [6.07, 6.45) is 4.31. The number of halogens is 1. The van der Waals surface area contributed by atoms with E-state index in [2.05, 4.69) is 0 Å². The minimum absolute atomic E-state index is 0.133. The summed E-state index contributed by atoms with van der Waals surface area (Å²) in [7, 11) is 1.82. The summed E-state index contributed by atoms with van der Waals surface area (Å²) >= 11 is 0. The van der Waals surface area contributed by atoms with Crippen LogP contribution in [0.1, 0.15) is 37.7 Å². The van der Waals surface area contributed by atoms with Crippen molar-refractivity contribution in [1.82, 2.24) is 4.90 Å². The third-order valence-electron chi connectivity index (χ3n) is 4.05. The number of nitrogens with zero attached hydrogens (tertiary/aromatic N) is 1. The molecule has 1 amide bonds. The van der Waals surface area contributed by atoms with Crippen molar-refractivity contribution in [3.8, 4) is 0 Å². The molecule has 3 nitrogen and oxygen atoms in total. The van der Waals surface area contributed by atoms with Gasteiger partial charge >= 0.3 is 0 Å². The van der Waals surface area contributed by atoms with Gasteiger partial charge in [-0.25, -0.2) is 4.39 Å². The van der Waals surface area contributed by atoms with Gasteiger partial charge in [0.05, 0.1) is 5.41 Å². The zero-order chi connectivity index (χ0) is 14.6. The number of carbonyl (C=O) groups is 1. The van der Waals surface area contributed by atoms with Crippen molar-refractivity contribution in [2.24, 2.45) is 0 Å². The van der Waals surface area contributed by atoms with E-state index in [0.29, 0.717) is 6.54 Å². The minimum Gasteiger partial charge on any atom is -0.396 e. The van der Waals surface area contributed by atoms with E-state index < -0.39 is 5.41 Å². The minimum atomic E-state index is -0.417. The normalized spacial score (nSPS) is 15.9. The van der Waals surface area contributed by atoms with Gasteiger partial charge in [-0.1, -0.05) is 12.1 Å². The number of carbonyl (C=O) groups excluding carboxylic acids is 1. The van der Waals surface area contributed by atoms with E-state index >= 15 is 0 Å². The van der Waals surface area contributed by atoms with Gasteiger partial charge in [-0.3, -0.25) is 4.79 Å². The highest BCUT2D eigenvalue weighted by Crippen LogP contribution is 2.49. The molecule has 0 aromatic heterocycles. The van der Waals surface area contributed by atoms with Gasteiger partial charge in [-0.2, -0.15) is 0 Å². The average molecular weight is 279 g/mol. The fraction of sp³-hybridized carbons (Fsp3) is 0.562. The van der Waals surface area contributed by atoms with Gasteiger partial charge in [-0.05, 0) is 49.8 Å². The SMILES string of the molecule is CN(CCCCCO)C(=O)C1(c2ccc(F)cc2)CC1. The first kappa shape index (κ1) is 15.0. The Morgan fingerprint density at radius 1 is 1.25 bits per heavy atom. The van der Waals surface area contributed by atoms with Gasteiger partial charge in [-0.15, -0.1) is 0 Å². The highest BCUT2D eigenvalue weighted by Gasteiger charge is 2.52. The Bertz CT molecular complexity index is 454. The topological polar surface area (TPSA) is 40.5 Å². The van der Waals surface area contributed by atoms with Gasteiger partial charge in [0.15, 0.2) is 0 Å². The predicted molar refractivity (Wildman–Crippen MR) is 75.9 cm³/mol. The summed E-state index contributed by atoms with van der Waals surface area (Å²) in [4.78, 5) is 14.3. The van der Waals surface area contributed by atoms with Gasteiger partial charge in [0.1, 0.15) is 5.82 Å². The average Bonchev–Trinajstić information content (AvgIpc) is 3.25. The molecule has 1 aromatic rings. The second kappa shape index (κ2) is 6.35. The van der Waals surface area contributed by atoms with Crippen molar-refractivity contribution >= 4 is 5.91 Å². The van der Waals surface area contributed by atoms with Crippen molar-refractivity contribution in [1.29, 1.82) is 0 Å². The maximum atomic E-state index is 13.0. The van der Waals surface area contributed by atoms with Crippen molar-refractivity contribution in [2.75, 3.05) is 20.2 Å². The van der Waals surface area contributed by atoms with Crippen LogP contribution in [0, 0.1) is 5.82 Å². The van der Waals surface area contributed by atoms with Gasteiger partial charge in [0.2, 0.25) is 5.91 Å². The molecule has 1 aliphatic carbocycles. The summed E-state index contributed by atoms with van der Waals surface area (Å²) in [6.45, 7) is 0.916. The van der Waals surface area contributed by atoms with Crippen molar-refractivity contribution in [3.63, 3.8) is 0 Å². The summed E-state index contributed by atoms with van der Waals surface area (Å²) in [5.41, 5.74) is 0.505. The molecule has 0 unspecified atom stereocenters. The molecule has 1 fully saturated rings. The Morgan fingerprint density at radius 3 is 2.45 bits per heavy atom. The molecule has 4 heteroatoms. The summed E-state index contributed by atoms with van der Waals surface area (Å²) in [5, 5.41) is 8.74. The van der Waals surface area contributed by atoms with Crippen LogP contribution in [-0.4, -0.2) is 36.1 Å². The molecule has 0 bridgehead atoms. The van der Waals surface area contributed by atoms with Crippen LogP contribution in [0.2, 0.25) is 0 Å². The van der Waals surface area contributed by atoms with Crippen molar-refractivity contribution in [2.45, 2.75) is 37.5 Å². The Balaban J connectivity index is 1.95. The molecule has 1 aliphatic rings. The maximum Gasteiger partial charge on any atom is 0.232 e. The number of hydrogen-bond acceptors (Lipinski definition) is 2. The Kier molecular flexibility index (Phi) is 4.76. The van der Waals surface area contributed by atoms with E-state index in [0.717, 1.165) is 37.7 Å². The third-order valence-corrected chi connectivity index (χ3v) is 4.05. The number of benzene rings is 1. The van der Waals surface area contributed by atoms with E-state index in [-0.39, 0.29) is 18.3 Å². The number of hydrogen-bond donors (Lipinski definition) is 1. The van der Waals surface area contributed by atoms with Crippen LogP contribution in [0.3, 0.4) is 0 Å². The largest absolute Gasteiger partial charge is 0.396 e. The van der Waals surface area contributed by atoms with Crippen LogP contribution in [0.15, 0.2) is 24.3 Å². The number of likely N-dealkylation sites (N-methyl/N-ethyl adjacent to an activating group) is 1. The zero-order valence-electron chi connectivity index (χ0n) is 11.9. The molecule has 1 N–H and O–H groups in total. The molecule has 1 saturated carbocycles. The molecular formula is C16H22FNO2. The number of aliphatic hydroxyl groups excluding tert-OH is 1. The Morgan fingerprint density at radius 2 is 1.90 bits per heavy atom. The number of amides is 1. The summed E-state index contributed by atoms with van der Waals surface area (Å²) in [5.74, 6) is -0.137. The highest BCUT2D eigenvalue weighted by atomic mass is 19.1. The summed E-state index contributed by atoms with van der Waals surface area (Å²) < 4.78 is 13.0. The first-order valence-corrected chi connectivity index (χ1v) is 7.22. The second-order valence-electron chi connectivity index (χ2n) is 5.60. The van der Waals surface area contributed by atoms with Crippen LogP contribution < -0.4 is 0 Å². The quantitative estimate of drug-likeness (QED) is 0.779. The predicted octanol–water partition coefficient (Wildman–Crippen LogP) is 2.48. The molecule has 0 saturated heterocycles. The van der Waals surface area contributed by atoms with Crippen LogP contribution >= 0.6 is 0 Å². The van der Waals surface area contributed by atoms with Gasteiger partial charge in [0.25, 0.3) is 0 Å². The molecule has 0 aliphatic heterocycles. The molecule has 110 valence electrons. The Hall–Kier alpha value is -1.42. The lowest BCUT2D eigenvalue weighted by Crippen LogP contribution is -2.37. The van der Waals surface area contributed by atoms with E-state index in [9.17, 15) is 9.18 Å². The monoisotopic (exact) mass is 279 g/mol. The molecule has 0 atom stereocenters. The second-order valence-corrected chi connectivity index (χ2v) is 5.60. The van der Waals surface area contributed by atoms with Crippen LogP contribution in [0.5, 0.6) is 0 Å². The van der Waals surface area contributed by atoms with E-state index in [4.69, 9.17) is 5.11 Å². The third kappa shape index (κ3) is 3.18. The van der Waals surface area contributed by atoms with Crippen molar-refractivity contribution < 1.29 is 14.3 Å². The van der Waals surface area contributed by atoms with Crippen LogP contribution in [0.4, 0.5) is 4.39 Å². The fourth-order valence-corrected chi connectivity index (χ4v) is 2.62. The standard InChI is InChI=1S/C16H22FNO2/c1-18(11-3-2-4-12-19)15(20)16(9-10-16)13-5-7-14(17)8-6-13/h5-8,19H,2-4,9-12H2,1H3. The highest BCUT2D eigenvalue weighted by molar-refractivity contribution is 5.91. The molecule has 20 heavy (non-hydrogen) atoms. The molecule has 2 rings (SSSR count). The lowest BCUT2D eigenvalue weighted by Gasteiger charge is -2.24. The van der Waals surface area contributed by atoms with Crippen LogP contribution in [0.25, 0.3) is 0 Å². The smallest absolute Gasteiger partial charge is 0.232 e. The maximum absolute atomic E-state index is 13.0. The number of unbranched alkanes of at least 4 members (excludes halogenated alkanes) is 2. The lowest BCUT2D eigenvalue weighted by molar-refractivity contribution is -0.132. The van der Waals surface area contributed by atoms with Gasteiger partial charge in [0, 0.05) is 20.2 Å². The van der Waals surface area contributed by atoms with E-state index in [1.54, 1.807) is 17.0 Å². The Labute approximate surface area is 119 Å². The van der Waals surface area contributed by atoms with Crippen molar-refractivity contribution in [3.05, 3.63) is 35.6 Å². The first-order chi connectivity index (χ1) is 9.60. The first-order valence-electron chi connectivity index (χ1n) is 7.22.